The van der Waals surface area contributed by atoms with Crippen LogP contribution >= 0.6 is 0 Å². The van der Waals surface area contributed by atoms with Gasteiger partial charge in [-0.25, -0.2) is 4.79 Å². The first-order valence-electron chi connectivity index (χ1n) is 3.06. The molecule has 0 fully saturated rings. The molecule has 0 unspecified atom stereocenters. The summed E-state index contributed by atoms with van der Waals surface area (Å²) in [4.78, 5) is 10.2. The van der Waals surface area contributed by atoms with Gasteiger partial charge in [0, 0.05) is 0 Å². The molecule has 15 heavy (non-hydrogen) atoms. The SMILES string of the molecule is C=C1C=CC=C1C(=O)O.N.N.O=S(O)O. The van der Waals surface area contributed by atoms with Crippen molar-refractivity contribution >= 4 is 17.3 Å². The Kier molecular flexibility index (Phi) is 11.9. The largest absolute Gasteiger partial charge is 0.478 e. The van der Waals surface area contributed by atoms with Crippen LogP contribution in [0.1, 0.15) is 0 Å². The summed E-state index contributed by atoms with van der Waals surface area (Å²) in [6.45, 7) is 3.52. The molecular formula is C7H14N2O5S. The second-order valence-corrected chi connectivity index (χ2v) is 2.46. The van der Waals surface area contributed by atoms with Gasteiger partial charge in [0.25, 0.3) is 11.4 Å². The Balaban J connectivity index is -0.000000213. The molecule has 0 aliphatic heterocycles. The molecule has 7 nitrogen and oxygen atoms in total. The number of carbonyl (C=O) groups is 1. The third-order valence-corrected chi connectivity index (χ3v) is 1.14. The highest BCUT2D eigenvalue weighted by molar-refractivity contribution is 7.73. The summed E-state index contributed by atoms with van der Waals surface area (Å²) >= 11 is -2.61. The number of allylic oxidation sites excluding steroid dienone is 3. The first kappa shape index (κ1) is 19.3. The predicted molar refractivity (Wildman–Crippen MR) is 57.4 cm³/mol. The number of carboxylic acid groups (broad SMARTS) is 1. The van der Waals surface area contributed by atoms with E-state index in [0.717, 1.165) is 0 Å². The molecule has 1 aliphatic rings. The van der Waals surface area contributed by atoms with E-state index in [-0.39, 0.29) is 17.9 Å². The molecule has 88 valence electrons. The van der Waals surface area contributed by atoms with Crippen LogP contribution in [0.4, 0.5) is 0 Å². The van der Waals surface area contributed by atoms with Crippen molar-refractivity contribution in [2.75, 3.05) is 0 Å². The molecule has 1 aliphatic carbocycles. The average Bonchev–Trinajstić information content (AvgIpc) is 2.33. The molecule has 0 aromatic heterocycles. The molecule has 0 bridgehead atoms. The number of hydrogen-bond acceptors (Lipinski definition) is 4. The second-order valence-electron chi connectivity index (χ2n) is 2.00. The lowest BCUT2D eigenvalue weighted by Crippen LogP contribution is -1.98. The van der Waals surface area contributed by atoms with Gasteiger partial charge in [0.2, 0.25) is 0 Å². The van der Waals surface area contributed by atoms with Gasteiger partial charge >= 0.3 is 5.97 Å². The molecule has 9 N–H and O–H groups in total. The molecule has 0 radical (unpaired) electrons. The number of rotatable bonds is 1. The highest BCUT2D eigenvalue weighted by Crippen LogP contribution is 2.15. The van der Waals surface area contributed by atoms with Crippen molar-refractivity contribution in [3.05, 3.63) is 36.0 Å². The van der Waals surface area contributed by atoms with Gasteiger partial charge in [-0.05, 0) is 11.6 Å². The van der Waals surface area contributed by atoms with Crippen LogP contribution < -0.4 is 12.3 Å². The second kappa shape index (κ2) is 9.24. The predicted octanol–water partition coefficient (Wildman–Crippen LogP) is 1.13. The van der Waals surface area contributed by atoms with Crippen molar-refractivity contribution in [3.63, 3.8) is 0 Å². The minimum atomic E-state index is -2.61. The van der Waals surface area contributed by atoms with Crippen LogP contribution in [0.2, 0.25) is 0 Å². The van der Waals surface area contributed by atoms with E-state index in [9.17, 15) is 4.79 Å². The lowest BCUT2D eigenvalue weighted by molar-refractivity contribution is -0.132. The number of hydrogen-bond donors (Lipinski definition) is 5. The maximum atomic E-state index is 10.2. The molecular weight excluding hydrogens is 224 g/mol. The van der Waals surface area contributed by atoms with E-state index in [0.29, 0.717) is 5.57 Å². The number of carboxylic acids is 1. The molecule has 0 atom stereocenters. The van der Waals surface area contributed by atoms with Gasteiger partial charge in [-0.1, -0.05) is 18.7 Å². The summed E-state index contributed by atoms with van der Waals surface area (Å²) in [7, 11) is 0. The summed E-state index contributed by atoms with van der Waals surface area (Å²) in [6.07, 6.45) is 4.87. The van der Waals surface area contributed by atoms with Crippen LogP contribution in [0.15, 0.2) is 36.0 Å². The first-order valence-corrected chi connectivity index (χ1v) is 4.12. The van der Waals surface area contributed by atoms with Crippen LogP contribution in [0, 0.1) is 0 Å². The molecule has 1 rings (SSSR count). The Morgan fingerprint density at radius 1 is 1.33 bits per heavy atom. The lowest BCUT2D eigenvalue weighted by atomic mass is 10.2. The molecule has 0 heterocycles. The van der Waals surface area contributed by atoms with Gasteiger partial charge in [-0.15, -0.1) is 0 Å². The van der Waals surface area contributed by atoms with Gasteiger partial charge in [-0.3, -0.25) is 9.11 Å². The Morgan fingerprint density at radius 3 is 1.87 bits per heavy atom. The topological polar surface area (TPSA) is 165 Å². The van der Waals surface area contributed by atoms with E-state index in [1.54, 1.807) is 12.2 Å². The highest BCUT2D eigenvalue weighted by Gasteiger charge is 2.10. The van der Waals surface area contributed by atoms with E-state index in [1.807, 2.05) is 0 Å². The summed E-state index contributed by atoms with van der Waals surface area (Å²) in [5.74, 6) is -0.912. The monoisotopic (exact) mass is 238 g/mol. The maximum absolute atomic E-state index is 10.2. The van der Waals surface area contributed by atoms with E-state index < -0.39 is 17.3 Å². The Labute approximate surface area is 89.5 Å². The third-order valence-electron chi connectivity index (χ3n) is 1.14. The zero-order valence-corrected chi connectivity index (χ0v) is 8.74. The highest BCUT2D eigenvalue weighted by atomic mass is 32.2. The lowest BCUT2D eigenvalue weighted by Gasteiger charge is -1.92. The van der Waals surface area contributed by atoms with Crippen LogP contribution in [-0.2, 0) is 16.2 Å². The van der Waals surface area contributed by atoms with E-state index in [4.69, 9.17) is 18.4 Å². The molecule has 0 amide bonds. The summed E-state index contributed by atoms with van der Waals surface area (Å²) < 4.78 is 22.8. The molecule has 0 spiro atoms. The fourth-order valence-corrected chi connectivity index (χ4v) is 0.666. The Morgan fingerprint density at radius 2 is 1.73 bits per heavy atom. The Hall–Kier alpha value is -1.32. The van der Waals surface area contributed by atoms with Gasteiger partial charge < -0.3 is 17.4 Å². The van der Waals surface area contributed by atoms with Crippen molar-refractivity contribution < 1.29 is 23.2 Å². The summed E-state index contributed by atoms with van der Waals surface area (Å²) in [5, 5.41) is 8.41. The van der Waals surface area contributed by atoms with Crippen molar-refractivity contribution in [2.45, 2.75) is 0 Å². The van der Waals surface area contributed by atoms with Gasteiger partial charge in [0.1, 0.15) is 0 Å². The smallest absolute Gasteiger partial charge is 0.336 e. The van der Waals surface area contributed by atoms with E-state index in [2.05, 4.69) is 6.58 Å². The fourth-order valence-electron chi connectivity index (χ4n) is 0.666. The molecule has 0 aromatic rings. The summed E-state index contributed by atoms with van der Waals surface area (Å²) in [5.41, 5.74) is 0.859. The zero-order chi connectivity index (χ0) is 10.4. The van der Waals surface area contributed by atoms with Gasteiger partial charge in [0.15, 0.2) is 0 Å². The minimum absolute atomic E-state index is 0. The van der Waals surface area contributed by atoms with Gasteiger partial charge in [-0.2, -0.15) is 4.21 Å². The van der Waals surface area contributed by atoms with Crippen molar-refractivity contribution in [2.24, 2.45) is 0 Å². The molecule has 0 saturated carbocycles. The molecule has 8 heteroatoms. The molecule has 0 saturated heterocycles. The molecule has 0 aromatic carbocycles. The van der Waals surface area contributed by atoms with Crippen molar-refractivity contribution in [1.82, 2.24) is 12.3 Å². The van der Waals surface area contributed by atoms with Crippen molar-refractivity contribution in [1.29, 1.82) is 0 Å². The minimum Gasteiger partial charge on any atom is -0.478 e. The number of aliphatic carboxylic acids is 1. The van der Waals surface area contributed by atoms with Crippen LogP contribution in [0.3, 0.4) is 0 Å². The fraction of sp³-hybridized carbons (Fsp3) is 0. The van der Waals surface area contributed by atoms with Gasteiger partial charge in [0.05, 0.1) is 5.57 Å². The third kappa shape index (κ3) is 9.00. The van der Waals surface area contributed by atoms with Crippen LogP contribution in [0.5, 0.6) is 0 Å². The normalized spacial score (nSPS) is 11.9. The quantitative estimate of drug-likeness (QED) is 0.427. The first-order chi connectivity index (χ1) is 5.95. The summed E-state index contributed by atoms with van der Waals surface area (Å²) in [6, 6.07) is 0. The maximum Gasteiger partial charge on any atom is 0.336 e. The van der Waals surface area contributed by atoms with Crippen LogP contribution in [0.25, 0.3) is 0 Å². The van der Waals surface area contributed by atoms with E-state index in [1.165, 1.54) is 6.08 Å². The standard InChI is InChI=1S/C7H6O2.2H3N.H2O3S/c1-5-3-2-4-6(5)7(8)9;;;1-4(2)3/h2-4H,1H2,(H,8,9);2*1H3;(H2,1,2,3). The van der Waals surface area contributed by atoms with E-state index >= 15 is 0 Å². The zero-order valence-electron chi connectivity index (χ0n) is 7.92. The van der Waals surface area contributed by atoms with Crippen molar-refractivity contribution in [3.8, 4) is 0 Å². The average molecular weight is 238 g/mol. The Bertz CT molecular complexity index is 307. The van der Waals surface area contributed by atoms with Crippen LogP contribution in [-0.4, -0.2) is 24.4 Å².